The maximum atomic E-state index is 12.7. The van der Waals surface area contributed by atoms with E-state index < -0.39 is 22.0 Å². The molecule has 0 aliphatic carbocycles. The van der Waals surface area contributed by atoms with Crippen LogP contribution in [0.5, 0.6) is 5.75 Å². The standard InChI is InChI=1S/C20H26N2O4S/c1-13(2)16-7-9-17(10-8-16)21-20(23)15(4)22-27(24,25)19-12-14(3)6-11-18(19)26-5/h6-13,15,22H,1-5H3,(H,21,23)/t15-/m0/s1. The van der Waals surface area contributed by atoms with Gasteiger partial charge in [0.15, 0.2) is 0 Å². The number of anilines is 1. The SMILES string of the molecule is COc1ccc(C)cc1S(=O)(=O)N[C@@H](C)C(=O)Nc1ccc(C(C)C)cc1. The summed E-state index contributed by atoms with van der Waals surface area (Å²) < 4.78 is 32.9. The molecule has 0 bridgehead atoms. The van der Waals surface area contributed by atoms with Crippen LogP contribution in [0.3, 0.4) is 0 Å². The van der Waals surface area contributed by atoms with Crippen molar-refractivity contribution in [3.8, 4) is 5.75 Å². The van der Waals surface area contributed by atoms with E-state index in [4.69, 9.17) is 4.74 Å². The van der Waals surface area contributed by atoms with Crippen molar-refractivity contribution >= 4 is 21.6 Å². The molecule has 6 nitrogen and oxygen atoms in total. The molecule has 0 fully saturated rings. The number of benzene rings is 2. The number of amides is 1. The van der Waals surface area contributed by atoms with Gasteiger partial charge in [0.25, 0.3) is 0 Å². The fraction of sp³-hybridized carbons (Fsp3) is 0.350. The third kappa shape index (κ3) is 5.30. The number of nitrogens with one attached hydrogen (secondary N) is 2. The third-order valence-corrected chi connectivity index (χ3v) is 5.74. The number of carbonyl (C=O) groups is 1. The monoisotopic (exact) mass is 390 g/mol. The average Bonchev–Trinajstić information content (AvgIpc) is 2.61. The minimum absolute atomic E-state index is 0.00550. The Morgan fingerprint density at radius 3 is 2.22 bits per heavy atom. The summed E-state index contributed by atoms with van der Waals surface area (Å²) in [5.41, 5.74) is 2.55. The number of ether oxygens (including phenoxy) is 1. The smallest absolute Gasteiger partial charge is 0.244 e. The number of aryl methyl sites for hydroxylation is 1. The van der Waals surface area contributed by atoms with Crippen LogP contribution < -0.4 is 14.8 Å². The molecule has 2 N–H and O–H groups in total. The summed E-state index contributed by atoms with van der Waals surface area (Å²) in [5, 5.41) is 2.72. The molecule has 7 heteroatoms. The molecule has 2 rings (SSSR count). The van der Waals surface area contributed by atoms with E-state index in [9.17, 15) is 13.2 Å². The fourth-order valence-corrected chi connectivity index (χ4v) is 4.00. The van der Waals surface area contributed by atoms with Gasteiger partial charge >= 0.3 is 0 Å². The van der Waals surface area contributed by atoms with Gasteiger partial charge in [-0.2, -0.15) is 4.72 Å². The first kappa shape index (κ1) is 20.9. The zero-order valence-electron chi connectivity index (χ0n) is 16.2. The number of methoxy groups -OCH3 is 1. The van der Waals surface area contributed by atoms with Crippen molar-refractivity contribution in [2.45, 2.75) is 44.6 Å². The lowest BCUT2D eigenvalue weighted by molar-refractivity contribution is -0.117. The highest BCUT2D eigenvalue weighted by molar-refractivity contribution is 7.89. The summed E-state index contributed by atoms with van der Waals surface area (Å²) in [5.74, 6) is 0.178. The Morgan fingerprint density at radius 1 is 1.04 bits per heavy atom. The largest absolute Gasteiger partial charge is 0.495 e. The zero-order chi connectivity index (χ0) is 20.2. The first-order valence-electron chi connectivity index (χ1n) is 8.72. The first-order chi connectivity index (χ1) is 12.6. The van der Waals surface area contributed by atoms with Gasteiger partial charge in [0.1, 0.15) is 10.6 Å². The predicted molar refractivity (Wildman–Crippen MR) is 107 cm³/mol. The van der Waals surface area contributed by atoms with Crippen molar-refractivity contribution in [1.82, 2.24) is 4.72 Å². The Balaban J connectivity index is 2.12. The van der Waals surface area contributed by atoms with Crippen molar-refractivity contribution < 1.29 is 17.9 Å². The molecular formula is C20H26N2O4S. The number of hydrogen-bond donors (Lipinski definition) is 2. The van der Waals surface area contributed by atoms with Crippen LogP contribution in [0, 0.1) is 6.92 Å². The van der Waals surface area contributed by atoms with E-state index in [2.05, 4.69) is 23.9 Å². The highest BCUT2D eigenvalue weighted by Crippen LogP contribution is 2.25. The van der Waals surface area contributed by atoms with Gasteiger partial charge < -0.3 is 10.1 Å². The molecule has 0 aliphatic heterocycles. The molecule has 146 valence electrons. The minimum Gasteiger partial charge on any atom is -0.495 e. The van der Waals surface area contributed by atoms with Crippen LogP contribution in [0.1, 0.15) is 37.8 Å². The Morgan fingerprint density at radius 2 is 1.67 bits per heavy atom. The van der Waals surface area contributed by atoms with Crippen LogP contribution in [-0.2, 0) is 14.8 Å². The van der Waals surface area contributed by atoms with Crippen molar-refractivity contribution in [3.05, 3.63) is 53.6 Å². The summed E-state index contributed by atoms with van der Waals surface area (Å²) in [7, 11) is -2.51. The maximum Gasteiger partial charge on any atom is 0.244 e. The molecule has 0 unspecified atom stereocenters. The summed E-state index contributed by atoms with van der Waals surface area (Å²) in [6.45, 7) is 7.46. The normalized spacial score (nSPS) is 12.7. The second-order valence-corrected chi connectivity index (χ2v) is 8.45. The van der Waals surface area contributed by atoms with Crippen molar-refractivity contribution in [1.29, 1.82) is 0 Å². The van der Waals surface area contributed by atoms with Gasteiger partial charge in [-0.05, 0) is 55.2 Å². The Labute approximate surface area is 161 Å². The summed E-state index contributed by atoms with van der Waals surface area (Å²) in [6, 6.07) is 11.4. The number of hydrogen-bond acceptors (Lipinski definition) is 4. The van der Waals surface area contributed by atoms with Gasteiger partial charge in [0.2, 0.25) is 15.9 Å². The van der Waals surface area contributed by atoms with Gasteiger partial charge in [0.05, 0.1) is 13.2 Å². The quantitative estimate of drug-likeness (QED) is 0.758. The number of carbonyl (C=O) groups excluding carboxylic acids is 1. The molecule has 0 saturated carbocycles. The molecule has 0 heterocycles. The van der Waals surface area contributed by atoms with Gasteiger partial charge in [-0.15, -0.1) is 0 Å². The van der Waals surface area contributed by atoms with E-state index in [1.165, 1.54) is 20.1 Å². The van der Waals surface area contributed by atoms with E-state index in [-0.39, 0.29) is 10.6 Å². The summed E-state index contributed by atoms with van der Waals surface area (Å²) in [4.78, 5) is 12.4. The molecule has 1 atom stereocenters. The molecule has 0 saturated heterocycles. The highest BCUT2D eigenvalue weighted by Gasteiger charge is 2.25. The molecule has 2 aromatic rings. The first-order valence-corrected chi connectivity index (χ1v) is 10.2. The molecule has 0 aliphatic rings. The van der Waals surface area contributed by atoms with E-state index in [1.807, 2.05) is 12.1 Å². The van der Waals surface area contributed by atoms with Crippen LogP contribution in [0.2, 0.25) is 0 Å². The molecular weight excluding hydrogens is 364 g/mol. The predicted octanol–water partition coefficient (Wildman–Crippen LogP) is 3.43. The van der Waals surface area contributed by atoms with E-state index >= 15 is 0 Å². The third-order valence-electron chi connectivity index (χ3n) is 4.18. The van der Waals surface area contributed by atoms with E-state index in [0.717, 1.165) is 11.1 Å². The number of sulfonamides is 1. The second-order valence-electron chi connectivity index (χ2n) is 6.76. The lowest BCUT2D eigenvalue weighted by Crippen LogP contribution is -2.41. The van der Waals surface area contributed by atoms with Crippen LogP contribution in [0.4, 0.5) is 5.69 Å². The van der Waals surface area contributed by atoms with Crippen LogP contribution in [0.15, 0.2) is 47.4 Å². The van der Waals surface area contributed by atoms with E-state index in [0.29, 0.717) is 11.6 Å². The zero-order valence-corrected chi connectivity index (χ0v) is 17.1. The highest BCUT2D eigenvalue weighted by atomic mass is 32.2. The van der Waals surface area contributed by atoms with Crippen LogP contribution in [-0.4, -0.2) is 27.5 Å². The molecule has 0 spiro atoms. The van der Waals surface area contributed by atoms with Crippen molar-refractivity contribution in [2.24, 2.45) is 0 Å². The maximum absolute atomic E-state index is 12.7. The Kier molecular flexibility index (Phi) is 6.62. The Hall–Kier alpha value is -2.38. The molecule has 2 aromatic carbocycles. The second kappa shape index (κ2) is 8.54. The van der Waals surface area contributed by atoms with Gasteiger partial charge in [0, 0.05) is 5.69 Å². The molecule has 0 aromatic heterocycles. The molecule has 0 radical (unpaired) electrons. The minimum atomic E-state index is -3.92. The van der Waals surface area contributed by atoms with Crippen molar-refractivity contribution in [3.63, 3.8) is 0 Å². The lowest BCUT2D eigenvalue weighted by atomic mass is 10.0. The average molecular weight is 391 g/mol. The number of rotatable bonds is 7. The molecule has 1 amide bonds. The van der Waals surface area contributed by atoms with Gasteiger partial charge in [-0.1, -0.05) is 32.0 Å². The van der Waals surface area contributed by atoms with Gasteiger partial charge in [-0.3, -0.25) is 4.79 Å². The molecule has 27 heavy (non-hydrogen) atoms. The van der Waals surface area contributed by atoms with Gasteiger partial charge in [-0.25, -0.2) is 8.42 Å². The van der Waals surface area contributed by atoms with Crippen LogP contribution >= 0.6 is 0 Å². The summed E-state index contributed by atoms with van der Waals surface area (Å²) >= 11 is 0. The van der Waals surface area contributed by atoms with E-state index in [1.54, 1.807) is 31.2 Å². The Bertz CT molecular complexity index is 906. The lowest BCUT2D eigenvalue weighted by Gasteiger charge is -2.16. The summed E-state index contributed by atoms with van der Waals surface area (Å²) in [6.07, 6.45) is 0. The van der Waals surface area contributed by atoms with Crippen LogP contribution in [0.25, 0.3) is 0 Å². The fourth-order valence-electron chi connectivity index (χ4n) is 2.55. The van der Waals surface area contributed by atoms with Crippen molar-refractivity contribution in [2.75, 3.05) is 12.4 Å². The topological polar surface area (TPSA) is 84.5 Å².